The first kappa shape index (κ1) is 13.1. The maximum absolute atomic E-state index is 11.9. The Bertz CT molecular complexity index is 622. The van der Waals surface area contributed by atoms with Crippen LogP contribution in [-0.4, -0.2) is 10.9 Å². The molecular weight excluding hydrogens is 236 g/mol. The highest BCUT2D eigenvalue weighted by Crippen LogP contribution is 2.13. The van der Waals surface area contributed by atoms with E-state index in [1.54, 1.807) is 18.2 Å². The lowest BCUT2D eigenvalue weighted by Gasteiger charge is -2.01. The third-order valence-corrected chi connectivity index (χ3v) is 3.11. The van der Waals surface area contributed by atoms with Crippen molar-refractivity contribution in [1.82, 2.24) is 0 Å². The Morgan fingerprint density at radius 3 is 2.32 bits per heavy atom. The molecule has 96 valence electrons. The molecule has 2 nitrogen and oxygen atoms in total. The molecule has 0 heterocycles. The Hall–Kier alpha value is -2.35. The predicted molar refractivity (Wildman–Crippen MR) is 77.4 cm³/mol. The second-order valence-corrected chi connectivity index (χ2v) is 4.59. The molecule has 0 aliphatic carbocycles. The number of rotatable bonds is 3. The maximum Gasteiger partial charge on any atom is 0.185 e. The highest BCUT2D eigenvalue weighted by Gasteiger charge is 2.01. The second kappa shape index (κ2) is 5.53. The monoisotopic (exact) mass is 252 g/mol. The molecule has 0 radical (unpaired) electrons. The first-order valence-electron chi connectivity index (χ1n) is 6.15. The lowest BCUT2D eigenvalue weighted by atomic mass is 10.0. The van der Waals surface area contributed by atoms with Crippen molar-refractivity contribution in [1.29, 1.82) is 0 Å². The van der Waals surface area contributed by atoms with Crippen molar-refractivity contribution in [2.45, 2.75) is 13.8 Å². The van der Waals surface area contributed by atoms with Crippen LogP contribution in [0, 0.1) is 13.8 Å². The summed E-state index contributed by atoms with van der Waals surface area (Å²) in [6.07, 6.45) is 3.36. The molecule has 0 bridgehead atoms. The molecule has 2 aromatic carbocycles. The normalized spacial score (nSPS) is 10.8. The zero-order chi connectivity index (χ0) is 13.8. The summed E-state index contributed by atoms with van der Waals surface area (Å²) in [5.41, 5.74) is 4.02. The number of benzene rings is 2. The van der Waals surface area contributed by atoms with Crippen LogP contribution in [0.15, 0.2) is 48.5 Å². The number of carbonyl (C=O) groups is 1. The van der Waals surface area contributed by atoms with E-state index in [-0.39, 0.29) is 11.5 Å². The summed E-state index contributed by atoms with van der Waals surface area (Å²) in [5, 5.41) is 9.17. The quantitative estimate of drug-likeness (QED) is 0.664. The fourth-order valence-corrected chi connectivity index (χ4v) is 1.76. The lowest BCUT2D eigenvalue weighted by molar-refractivity contribution is 0.104. The Kier molecular flexibility index (Phi) is 3.81. The minimum atomic E-state index is -0.0711. The summed E-state index contributed by atoms with van der Waals surface area (Å²) in [5.74, 6) is 0.0907. The Morgan fingerprint density at radius 1 is 1.00 bits per heavy atom. The van der Waals surface area contributed by atoms with Gasteiger partial charge < -0.3 is 5.11 Å². The molecule has 19 heavy (non-hydrogen) atoms. The summed E-state index contributed by atoms with van der Waals surface area (Å²) in [7, 11) is 0. The zero-order valence-electron chi connectivity index (χ0n) is 11.1. The fourth-order valence-electron chi connectivity index (χ4n) is 1.76. The van der Waals surface area contributed by atoms with Crippen LogP contribution in [0.25, 0.3) is 6.08 Å². The highest BCUT2D eigenvalue weighted by atomic mass is 16.3. The van der Waals surface area contributed by atoms with Gasteiger partial charge in [0, 0.05) is 5.56 Å². The van der Waals surface area contributed by atoms with Crippen molar-refractivity contribution in [3.05, 3.63) is 70.8 Å². The maximum atomic E-state index is 11.9. The fraction of sp³-hybridized carbons (Fsp3) is 0.118. The van der Waals surface area contributed by atoms with Gasteiger partial charge in [-0.3, -0.25) is 4.79 Å². The van der Waals surface area contributed by atoms with Gasteiger partial charge in [0.1, 0.15) is 5.75 Å². The van der Waals surface area contributed by atoms with Crippen LogP contribution in [-0.2, 0) is 0 Å². The van der Waals surface area contributed by atoms with E-state index in [4.69, 9.17) is 0 Å². The SMILES string of the molecule is Cc1ccc(/C=C/C(=O)c2ccc(O)cc2)cc1C. The van der Waals surface area contributed by atoms with Gasteiger partial charge in [0.15, 0.2) is 5.78 Å². The summed E-state index contributed by atoms with van der Waals surface area (Å²) in [6, 6.07) is 12.3. The third kappa shape index (κ3) is 3.32. The summed E-state index contributed by atoms with van der Waals surface area (Å²) < 4.78 is 0. The van der Waals surface area contributed by atoms with E-state index in [1.807, 2.05) is 18.2 Å². The number of allylic oxidation sites excluding steroid dienone is 1. The van der Waals surface area contributed by atoms with Crippen LogP contribution in [0.1, 0.15) is 27.0 Å². The topological polar surface area (TPSA) is 37.3 Å². The van der Waals surface area contributed by atoms with Gasteiger partial charge in [-0.1, -0.05) is 24.3 Å². The van der Waals surface area contributed by atoms with E-state index in [2.05, 4.69) is 19.9 Å². The molecule has 2 heteroatoms. The smallest absolute Gasteiger partial charge is 0.185 e. The molecule has 2 aromatic rings. The predicted octanol–water partition coefficient (Wildman–Crippen LogP) is 3.91. The molecule has 0 spiro atoms. The largest absolute Gasteiger partial charge is 0.508 e. The first-order chi connectivity index (χ1) is 9.06. The standard InChI is InChI=1S/C17H16O2/c1-12-3-4-14(11-13(12)2)5-10-17(19)15-6-8-16(18)9-7-15/h3-11,18H,1-2H3/b10-5+. The van der Waals surface area contributed by atoms with Crippen molar-refractivity contribution in [3.8, 4) is 5.75 Å². The number of phenolic OH excluding ortho intramolecular Hbond substituents is 1. The molecule has 0 aromatic heterocycles. The number of hydrogen-bond acceptors (Lipinski definition) is 2. The zero-order valence-corrected chi connectivity index (χ0v) is 11.1. The van der Waals surface area contributed by atoms with Gasteiger partial charge in [0.25, 0.3) is 0 Å². The van der Waals surface area contributed by atoms with Crippen molar-refractivity contribution in [2.24, 2.45) is 0 Å². The lowest BCUT2D eigenvalue weighted by Crippen LogP contribution is -1.93. The van der Waals surface area contributed by atoms with E-state index >= 15 is 0 Å². The van der Waals surface area contributed by atoms with Crippen molar-refractivity contribution < 1.29 is 9.90 Å². The van der Waals surface area contributed by atoms with E-state index < -0.39 is 0 Å². The van der Waals surface area contributed by atoms with Crippen molar-refractivity contribution in [3.63, 3.8) is 0 Å². The number of hydrogen-bond donors (Lipinski definition) is 1. The molecule has 0 aliphatic rings. The van der Waals surface area contributed by atoms with E-state index in [0.29, 0.717) is 5.56 Å². The Labute approximate surface area is 113 Å². The average Bonchev–Trinajstić information content (AvgIpc) is 2.40. The second-order valence-electron chi connectivity index (χ2n) is 4.59. The Balaban J connectivity index is 2.15. The minimum absolute atomic E-state index is 0.0711. The Morgan fingerprint density at radius 2 is 1.68 bits per heavy atom. The number of aromatic hydroxyl groups is 1. The van der Waals surface area contributed by atoms with E-state index in [9.17, 15) is 9.90 Å². The number of phenols is 1. The van der Waals surface area contributed by atoms with Gasteiger partial charge in [-0.25, -0.2) is 0 Å². The number of carbonyl (C=O) groups excluding carboxylic acids is 1. The summed E-state index contributed by atoms with van der Waals surface area (Å²) >= 11 is 0. The molecule has 0 amide bonds. The van der Waals surface area contributed by atoms with Crippen LogP contribution in [0.5, 0.6) is 5.75 Å². The van der Waals surface area contributed by atoms with Crippen LogP contribution in [0.2, 0.25) is 0 Å². The molecule has 2 rings (SSSR count). The molecule has 0 aliphatic heterocycles. The minimum Gasteiger partial charge on any atom is -0.508 e. The van der Waals surface area contributed by atoms with Gasteiger partial charge in [-0.05, 0) is 60.9 Å². The molecule has 0 saturated heterocycles. The molecule has 1 N–H and O–H groups in total. The highest BCUT2D eigenvalue weighted by molar-refractivity contribution is 6.06. The van der Waals surface area contributed by atoms with Gasteiger partial charge >= 0.3 is 0 Å². The van der Waals surface area contributed by atoms with Gasteiger partial charge in [-0.2, -0.15) is 0 Å². The molecule has 0 atom stereocenters. The summed E-state index contributed by atoms with van der Waals surface area (Å²) in [4.78, 5) is 11.9. The molecular formula is C17H16O2. The third-order valence-electron chi connectivity index (χ3n) is 3.11. The van der Waals surface area contributed by atoms with Gasteiger partial charge in [0.05, 0.1) is 0 Å². The average molecular weight is 252 g/mol. The van der Waals surface area contributed by atoms with Crippen LogP contribution < -0.4 is 0 Å². The van der Waals surface area contributed by atoms with Crippen LogP contribution >= 0.6 is 0 Å². The van der Waals surface area contributed by atoms with Crippen LogP contribution in [0.3, 0.4) is 0 Å². The van der Waals surface area contributed by atoms with E-state index in [1.165, 1.54) is 23.3 Å². The first-order valence-corrected chi connectivity index (χ1v) is 6.15. The number of aryl methyl sites for hydroxylation is 2. The van der Waals surface area contributed by atoms with Crippen molar-refractivity contribution in [2.75, 3.05) is 0 Å². The molecule has 0 saturated carbocycles. The number of ketones is 1. The van der Waals surface area contributed by atoms with Gasteiger partial charge in [-0.15, -0.1) is 0 Å². The molecule has 0 fully saturated rings. The summed E-state index contributed by atoms with van der Waals surface area (Å²) in [6.45, 7) is 4.11. The van der Waals surface area contributed by atoms with E-state index in [0.717, 1.165) is 5.56 Å². The van der Waals surface area contributed by atoms with Crippen LogP contribution in [0.4, 0.5) is 0 Å². The van der Waals surface area contributed by atoms with Gasteiger partial charge in [0.2, 0.25) is 0 Å². The van der Waals surface area contributed by atoms with Crippen molar-refractivity contribution >= 4 is 11.9 Å². The molecule has 0 unspecified atom stereocenters.